The van der Waals surface area contributed by atoms with Gasteiger partial charge in [-0.1, -0.05) is 5.16 Å². The Morgan fingerprint density at radius 3 is 2.71 bits per heavy atom. The monoisotopic (exact) mass is 233 g/mol. The zero-order valence-electron chi connectivity index (χ0n) is 10.0. The Morgan fingerprint density at radius 2 is 2.29 bits per heavy atom. The van der Waals surface area contributed by atoms with Gasteiger partial charge in [0.1, 0.15) is 11.2 Å². The van der Waals surface area contributed by atoms with Crippen LogP contribution in [-0.2, 0) is 11.3 Å². The number of hydrogen-bond acceptors (Lipinski definition) is 4. The lowest BCUT2D eigenvalue weighted by atomic mass is 9.69. The Morgan fingerprint density at radius 1 is 1.59 bits per heavy atom. The van der Waals surface area contributed by atoms with Crippen LogP contribution in [-0.4, -0.2) is 11.1 Å². The molecule has 5 nitrogen and oxygen atoms in total. The van der Waals surface area contributed by atoms with Crippen molar-refractivity contribution < 1.29 is 9.32 Å². The van der Waals surface area contributed by atoms with Crippen LogP contribution in [0.1, 0.15) is 36.3 Å². The Kier molecular flexibility index (Phi) is 2.88. The number of nitrogens with one attached hydrogen (secondary N) is 1. The number of amides is 1. The first-order valence-corrected chi connectivity index (χ1v) is 5.70. The molecule has 1 aromatic heterocycles. The molecule has 0 spiro atoms. The van der Waals surface area contributed by atoms with Gasteiger partial charge < -0.3 is 9.84 Å². The summed E-state index contributed by atoms with van der Waals surface area (Å²) in [5.41, 5.74) is 0.882. The maximum Gasteiger partial charge on any atom is 0.240 e. The van der Waals surface area contributed by atoms with Gasteiger partial charge in [0, 0.05) is 12.1 Å². The van der Waals surface area contributed by atoms with E-state index in [1.165, 1.54) is 0 Å². The van der Waals surface area contributed by atoms with Gasteiger partial charge in [-0.2, -0.15) is 5.26 Å². The van der Waals surface area contributed by atoms with E-state index in [9.17, 15) is 4.79 Å². The van der Waals surface area contributed by atoms with Crippen LogP contribution < -0.4 is 5.32 Å². The topological polar surface area (TPSA) is 78.9 Å². The van der Waals surface area contributed by atoms with Crippen LogP contribution >= 0.6 is 0 Å². The van der Waals surface area contributed by atoms with E-state index in [1.54, 1.807) is 0 Å². The summed E-state index contributed by atoms with van der Waals surface area (Å²) in [6.07, 6.45) is 2.28. The van der Waals surface area contributed by atoms with E-state index in [1.807, 2.05) is 13.8 Å². The molecule has 90 valence electrons. The van der Waals surface area contributed by atoms with Crippen molar-refractivity contribution in [2.75, 3.05) is 0 Å². The Balaban J connectivity index is 2.00. The van der Waals surface area contributed by atoms with E-state index in [2.05, 4.69) is 16.5 Å². The summed E-state index contributed by atoms with van der Waals surface area (Å²) in [6, 6.07) is 2.12. The molecule has 1 aliphatic rings. The SMILES string of the molecule is Cc1noc(C)c1CNC(=O)C1(C#N)CCC1. The lowest BCUT2D eigenvalue weighted by molar-refractivity contribution is -0.131. The van der Waals surface area contributed by atoms with Gasteiger partial charge in [-0.05, 0) is 33.1 Å². The third-order valence-electron chi connectivity index (χ3n) is 3.46. The number of carbonyl (C=O) groups excluding carboxylic acids is 1. The van der Waals surface area contributed by atoms with Gasteiger partial charge in [-0.3, -0.25) is 4.79 Å². The van der Waals surface area contributed by atoms with Crippen molar-refractivity contribution >= 4 is 5.91 Å². The van der Waals surface area contributed by atoms with Crippen LogP contribution in [0.25, 0.3) is 0 Å². The van der Waals surface area contributed by atoms with Gasteiger partial charge in [0.2, 0.25) is 5.91 Å². The fourth-order valence-electron chi connectivity index (χ4n) is 2.01. The molecule has 0 radical (unpaired) electrons. The lowest BCUT2D eigenvalue weighted by Gasteiger charge is -2.33. The van der Waals surface area contributed by atoms with Gasteiger partial charge in [0.25, 0.3) is 0 Å². The Bertz CT molecular complexity index is 461. The molecule has 17 heavy (non-hydrogen) atoms. The Labute approximate surface area is 99.8 Å². The molecule has 1 aromatic rings. The molecule has 0 aromatic carbocycles. The molecule has 1 aliphatic carbocycles. The summed E-state index contributed by atoms with van der Waals surface area (Å²) in [5, 5.41) is 15.6. The van der Waals surface area contributed by atoms with Gasteiger partial charge >= 0.3 is 0 Å². The highest BCUT2D eigenvalue weighted by Crippen LogP contribution is 2.40. The number of nitriles is 1. The van der Waals surface area contributed by atoms with Crippen LogP contribution in [0.2, 0.25) is 0 Å². The van der Waals surface area contributed by atoms with E-state index >= 15 is 0 Å². The predicted molar refractivity (Wildman–Crippen MR) is 59.7 cm³/mol. The molecule has 0 saturated heterocycles. The maximum atomic E-state index is 11.9. The number of aromatic nitrogens is 1. The number of nitrogens with zero attached hydrogens (tertiary/aromatic N) is 2. The summed E-state index contributed by atoms with van der Waals surface area (Å²) in [7, 11) is 0. The average molecular weight is 233 g/mol. The molecule has 2 rings (SSSR count). The number of aryl methyl sites for hydroxylation is 2. The fraction of sp³-hybridized carbons (Fsp3) is 0.583. The third-order valence-corrected chi connectivity index (χ3v) is 3.46. The largest absolute Gasteiger partial charge is 0.361 e. The highest BCUT2D eigenvalue weighted by molar-refractivity contribution is 5.86. The lowest BCUT2D eigenvalue weighted by Crippen LogP contribution is -2.44. The molecule has 0 atom stereocenters. The zero-order chi connectivity index (χ0) is 12.5. The van der Waals surface area contributed by atoms with Crippen molar-refractivity contribution in [1.29, 1.82) is 5.26 Å². The molecule has 1 heterocycles. The normalized spacial score (nSPS) is 17.0. The van der Waals surface area contributed by atoms with Crippen molar-refractivity contribution in [3.8, 4) is 6.07 Å². The van der Waals surface area contributed by atoms with E-state index in [-0.39, 0.29) is 5.91 Å². The van der Waals surface area contributed by atoms with Crippen molar-refractivity contribution in [3.63, 3.8) is 0 Å². The van der Waals surface area contributed by atoms with Crippen LogP contribution in [0.3, 0.4) is 0 Å². The van der Waals surface area contributed by atoms with Gasteiger partial charge in [0.05, 0.1) is 11.8 Å². The molecule has 1 fully saturated rings. The highest BCUT2D eigenvalue weighted by atomic mass is 16.5. The first-order valence-electron chi connectivity index (χ1n) is 5.70. The molecule has 5 heteroatoms. The van der Waals surface area contributed by atoms with Gasteiger partial charge in [0.15, 0.2) is 0 Å². The molecule has 0 bridgehead atoms. The molecule has 0 unspecified atom stereocenters. The van der Waals surface area contributed by atoms with Crippen molar-refractivity contribution in [2.24, 2.45) is 5.41 Å². The molecular weight excluding hydrogens is 218 g/mol. The van der Waals surface area contributed by atoms with E-state index < -0.39 is 5.41 Å². The van der Waals surface area contributed by atoms with Gasteiger partial charge in [-0.15, -0.1) is 0 Å². The summed E-state index contributed by atoms with van der Waals surface area (Å²) >= 11 is 0. The van der Waals surface area contributed by atoms with E-state index in [0.717, 1.165) is 17.7 Å². The number of carbonyl (C=O) groups is 1. The van der Waals surface area contributed by atoms with Crippen molar-refractivity contribution in [2.45, 2.75) is 39.7 Å². The summed E-state index contributed by atoms with van der Waals surface area (Å²) in [5.74, 6) is 0.536. The minimum Gasteiger partial charge on any atom is -0.361 e. The van der Waals surface area contributed by atoms with Crippen LogP contribution in [0.5, 0.6) is 0 Å². The number of rotatable bonds is 3. The second-order valence-corrected chi connectivity index (χ2v) is 4.53. The molecular formula is C12H15N3O2. The standard InChI is InChI=1S/C12H15N3O2/c1-8-10(9(2)17-15-8)6-14-11(16)12(7-13)4-3-5-12/h3-6H2,1-2H3,(H,14,16). The summed E-state index contributed by atoms with van der Waals surface area (Å²) in [6.45, 7) is 4.02. The number of hydrogen-bond donors (Lipinski definition) is 1. The molecule has 1 N–H and O–H groups in total. The minimum atomic E-state index is -0.793. The second kappa shape index (κ2) is 4.21. The van der Waals surface area contributed by atoms with Crippen molar-refractivity contribution in [3.05, 3.63) is 17.0 Å². The first-order chi connectivity index (χ1) is 8.09. The smallest absolute Gasteiger partial charge is 0.240 e. The van der Waals surface area contributed by atoms with E-state index in [0.29, 0.717) is 25.1 Å². The Hall–Kier alpha value is -1.83. The zero-order valence-corrected chi connectivity index (χ0v) is 10.0. The summed E-state index contributed by atoms with van der Waals surface area (Å²) in [4.78, 5) is 11.9. The second-order valence-electron chi connectivity index (χ2n) is 4.53. The van der Waals surface area contributed by atoms with Crippen LogP contribution in [0.15, 0.2) is 4.52 Å². The van der Waals surface area contributed by atoms with Gasteiger partial charge in [-0.25, -0.2) is 0 Å². The highest BCUT2D eigenvalue weighted by Gasteiger charge is 2.44. The quantitative estimate of drug-likeness (QED) is 0.860. The molecule has 1 amide bonds. The van der Waals surface area contributed by atoms with E-state index in [4.69, 9.17) is 9.78 Å². The minimum absolute atomic E-state index is 0.175. The summed E-state index contributed by atoms with van der Waals surface area (Å²) < 4.78 is 5.01. The van der Waals surface area contributed by atoms with Crippen LogP contribution in [0, 0.1) is 30.6 Å². The molecule has 0 aliphatic heterocycles. The first kappa shape index (κ1) is 11.6. The molecule has 1 saturated carbocycles. The predicted octanol–water partition coefficient (Wildman–Crippen LogP) is 1.60. The fourth-order valence-corrected chi connectivity index (χ4v) is 2.01. The van der Waals surface area contributed by atoms with Crippen molar-refractivity contribution in [1.82, 2.24) is 10.5 Å². The average Bonchev–Trinajstić information content (AvgIpc) is 2.55. The van der Waals surface area contributed by atoms with Crippen LogP contribution in [0.4, 0.5) is 0 Å². The third kappa shape index (κ3) is 1.91. The maximum absolute atomic E-state index is 11.9.